The summed E-state index contributed by atoms with van der Waals surface area (Å²) in [6.07, 6.45) is 4.51. The highest BCUT2D eigenvalue weighted by Gasteiger charge is 2.21. The summed E-state index contributed by atoms with van der Waals surface area (Å²) in [5.41, 5.74) is 1.70. The summed E-state index contributed by atoms with van der Waals surface area (Å²) in [6.45, 7) is 0. The molecule has 0 fully saturated rings. The predicted octanol–water partition coefficient (Wildman–Crippen LogP) is 0.622. The zero-order chi connectivity index (χ0) is 14.5. The van der Waals surface area contributed by atoms with Gasteiger partial charge in [0.25, 0.3) is 0 Å². The number of aliphatic carboxylic acids is 1. The number of nitrogens with zero attached hydrogens (tertiary/aromatic N) is 2. The SMILES string of the molecule is O=C(O)C(=O)CC(=O)c1[nH]ncc1Cc1ccncc1. The van der Waals surface area contributed by atoms with Crippen LogP contribution in [0.5, 0.6) is 0 Å². The Kier molecular flexibility index (Phi) is 3.99. The standard InChI is InChI=1S/C13H11N3O4/c17-10(6-11(18)13(19)20)12-9(7-15-16-12)5-8-1-3-14-4-2-8/h1-4,7H,5-6H2,(H,15,16)(H,19,20). The average molecular weight is 273 g/mol. The number of aromatic amines is 1. The van der Waals surface area contributed by atoms with Crippen LogP contribution in [0.1, 0.15) is 28.0 Å². The summed E-state index contributed by atoms with van der Waals surface area (Å²) < 4.78 is 0. The zero-order valence-corrected chi connectivity index (χ0v) is 10.4. The van der Waals surface area contributed by atoms with Crippen molar-refractivity contribution in [3.63, 3.8) is 0 Å². The number of carboxylic acids is 1. The lowest BCUT2D eigenvalue weighted by molar-refractivity contribution is -0.148. The molecule has 0 aliphatic heterocycles. The molecule has 0 radical (unpaired) electrons. The van der Waals surface area contributed by atoms with Crippen LogP contribution < -0.4 is 0 Å². The van der Waals surface area contributed by atoms with Gasteiger partial charge in [-0.2, -0.15) is 5.10 Å². The van der Waals surface area contributed by atoms with Gasteiger partial charge in [-0.3, -0.25) is 19.7 Å². The lowest BCUT2D eigenvalue weighted by atomic mass is 10.0. The number of carbonyl (C=O) groups is 3. The van der Waals surface area contributed by atoms with Gasteiger partial charge in [0.2, 0.25) is 5.78 Å². The van der Waals surface area contributed by atoms with Crippen molar-refractivity contribution in [2.75, 3.05) is 0 Å². The van der Waals surface area contributed by atoms with E-state index in [9.17, 15) is 14.4 Å². The maximum atomic E-state index is 11.9. The maximum Gasteiger partial charge on any atom is 0.372 e. The molecule has 102 valence electrons. The second-order valence-electron chi connectivity index (χ2n) is 4.13. The molecule has 0 atom stereocenters. The van der Waals surface area contributed by atoms with Crippen LogP contribution in [0.3, 0.4) is 0 Å². The molecule has 2 rings (SSSR count). The van der Waals surface area contributed by atoms with Crippen LogP contribution in [0.15, 0.2) is 30.7 Å². The minimum absolute atomic E-state index is 0.163. The van der Waals surface area contributed by atoms with E-state index in [4.69, 9.17) is 5.11 Å². The van der Waals surface area contributed by atoms with Gasteiger partial charge in [-0.25, -0.2) is 4.79 Å². The molecule has 0 aliphatic rings. The van der Waals surface area contributed by atoms with E-state index >= 15 is 0 Å². The fraction of sp³-hybridized carbons (Fsp3) is 0.154. The number of Topliss-reactive ketones (excluding diaryl/α,β-unsaturated/α-hetero) is 2. The molecule has 2 aromatic rings. The molecule has 2 N–H and O–H groups in total. The van der Waals surface area contributed by atoms with Gasteiger partial charge < -0.3 is 5.11 Å². The number of carboxylic acid groups (broad SMARTS) is 1. The number of pyridine rings is 1. The fourth-order valence-electron chi connectivity index (χ4n) is 1.72. The second kappa shape index (κ2) is 5.87. The summed E-state index contributed by atoms with van der Waals surface area (Å²) in [5, 5.41) is 14.8. The number of hydrogen-bond donors (Lipinski definition) is 2. The maximum absolute atomic E-state index is 11.9. The van der Waals surface area contributed by atoms with Crippen molar-refractivity contribution in [2.45, 2.75) is 12.8 Å². The van der Waals surface area contributed by atoms with E-state index in [0.717, 1.165) is 5.56 Å². The lowest BCUT2D eigenvalue weighted by Crippen LogP contribution is -2.18. The molecule has 7 nitrogen and oxygen atoms in total. The molecule has 2 aromatic heterocycles. The van der Waals surface area contributed by atoms with Gasteiger partial charge in [0.1, 0.15) is 5.69 Å². The van der Waals surface area contributed by atoms with Crippen molar-refractivity contribution < 1.29 is 19.5 Å². The van der Waals surface area contributed by atoms with Crippen molar-refractivity contribution in [1.82, 2.24) is 15.2 Å². The molecule has 0 saturated carbocycles. The Labute approximate surface area is 113 Å². The smallest absolute Gasteiger partial charge is 0.372 e. The Morgan fingerprint density at radius 2 is 1.90 bits per heavy atom. The third-order valence-corrected chi connectivity index (χ3v) is 2.70. The Bertz CT molecular complexity index is 649. The van der Waals surface area contributed by atoms with Gasteiger partial charge >= 0.3 is 5.97 Å². The Morgan fingerprint density at radius 3 is 2.55 bits per heavy atom. The average Bonchev–Trinajstić information content (AvgIpc) is 2.88. The Balaban J connectivity index is 2.14. The van der Waals surface area contributed by atoms with Crippen LogP contribution in [0.25, 0.3) is 0 Å². The molecule has 0 aliphatic carbocycles. The molecule has 20 heavy (non-hydrogen) atoms. The molecule has 7 heteroatoms. The Hall–Kier alpha value is -2.83. The lowest BCUT2D eigenvalue weighted by Gasteiger charge is -2.01. The van der Waals surface area contributed by atoms with E-state index in [1.165, 1.54) is 6.20 Å². The highest BCUT2D eigenvalue weighted by atomic mass is 16.4. The first kappa shape index (κ1) is 13.6. The largest absolute Gasteiger partial charge is 0.475 e. The van der Waals surface area contributed by atoms with Crippen LogP contribution in [-0.2, 0) is 16.0 Å². The highest BCUT2D eigenvalue weighted by Crippen LogP contribution is 2.13. The molecule has 0 bridgehead atoms. The van der Waals surface area contributed by atoms with Crippen molar-refractivity contribution in [1.29, 1.82) is 0 Å². The molecule has 0 unspecified atom stereocenters. The monoisotopic (exact) mass is 273 g/mol. The second-order valence-corrected chi connectivity index (χ2v) is 4.13. The first-order valence-corrected chi connectivity index (χ1v) is 5.78. The molecular weight excluding hydrogens is 262 g/mol. The van der Waals surface area contributed by atoms with E-state index in [2.05, 4.69) is 15.2 Å². The number of carbonyl (C=O) groups excluding carboxylic acids is 2. The highest BCUT2D eigenvalue weighted by molar-refractivity contribution is 6.37. The normalized spacial score (nSPS) is 10.2. The van der Waals surface area contributed by atoms with Gasteiger partial charge in [0.15, 0.2) is 5.78 Å². The molecule has 0 spiro atoms. The third-order valence-electron chi connectivity index (χ3n) is 2.70. The number of ketones is 2. The summed E-state index contributed by atoms with van der Waals surface area (Å²) >= 11 is 0. The first-order chi connectivity index (χ1) is 9.58. The molecule has 0 saturated heterocycles. The number of rotatable bonds is 6. The zero-order valence-electron chi connectivity index (χ0n) is 10.4. The molecule has 2 heterocycles. The van der Waals surface area contributed by atoms with E-state index in [0.29, 0.717) is 12.0 Å². The van der Waals surface area contributed by atoms with Crippen LogP contribution in [0, 0.1) is 0 Å². The van der Waals surface area contributed by atoms with Crippen LogP contribution in [0.2, 0.25) is 0 Å². The van der Waals surface area contributed by atoms with Gasteiger partial charge in [-0.15, -0.1) is 0 Å². The summed E-state index contributed by atoms with van der Waals surface area (Å²) in [4.78, 5) is 37.3. The predicted molar refractivity (Wildman–Crippen MR) is 67.2 cm³/mol. The van der Waals surface area contributed by atoms with E-state index in [-0.39, 0.29) is 5.69 Å². The minimum atomic E-state index is -1.62. The number of hydrogen-bond acceptors (Lipinski definition) is 5. The molecule has 0 amide bonds. The molecular formula is C13H11N3O4. The summed E-state index contributed by atoms with van der Waals surface area (Å²) in [5.74, 6) is -3.34. The van der Waals surface area contributed by atoms with Gasteiger partial charge in [-0.1, -0.05) is 0 Å². The van der Waals surface area contributed by atoms with E-state index < -0.39 is 24.0 Å². The number of nitrogens with one attached hydrogen (secondary N) is 1. The summed E-state index contributed by atoms with van der Waals surface area (Å²) in [6, 6.07) is 3.59. The van der Waals surface area contributed by atoms with E-state index in [1.54, 1.807) is 24.5 Å². The third kappa shape index (κ3) is 3.14. The Morgan fingerprint density at radius 1 is 1.20 bits per heavy atom. The van der Waals surface area contributed by atoms with Gasteiger partial charge in [0, 0.05) is 24.4 Å². The van der Waals surface area contributed by atoms with Crippen molar-refractivity contribution in [3.8, 4) is 0 Å². The van der Waals surface area contributed by atoms with Crippen LogP contribution in [-0.4, -0.2) is 37.8 Å². The number of aromatic nitrogens is 3. The topological polar surface area (TPSA) is 113 Å². The minimum Gasteiger partial charge on any atom is -0.475 e. The quantitative estimate of drug-likeness (QED) is 0.453. The van der Waals surface area contributed by atoms with Crippen LogP contribution in [0.4, 0.5) is 0 Å². The summed E-state index contributed by atoms with van der Waals surface area (Å²) in [7, 11) is 0. The van der Waals surface area contributed by atoms with Crippen molar-refractivity contribution in [2.24, 2.45) is 0 Å². The first-order valence-electron chi connectivity index (χ1n) is 5.78. The fourth-order valence-corrected chi connectivity index (χ4v) is 1.72. The van der Waals surface area contributed by atoms with Gasteiger partial charge in [0.05, 0.1) is 12.6 Å². The van der Waals surface area contributed by atoms with Crippen LogP contribution >= 0.6 is 0 Å². The van der Waals surface area contributed by atoms with Crippen molar-refractivity contribution in [3.05, 3.63) is 47.5 Å². The number of H-pyrrole nitrogens is 1. The molecule has 0 aromatic carbocycles. The van der Waals surface area contributed by atoms with Crippen molar-refractivity contribution >= 4 is 17.5 Å². The van der Waals surface area contributed by atoms with E-state index in [1.807, 2.05) is 0 Å². The van der Waals surface area contributed by atoms with Gasteiger partial charge in [-0.05, 0) is 17.7 Å².